The van der Waals surface area contributed by atoms with Gasteiger partial charge in [-0.15, -0.1) is 0 Å². The van der Waals surface area contributed by atoms with E-state index in [0.717, 1.165) is 18.5 Å². The fraction of sp³-hybridized carbons (Fsp3) is 0.400. The molecule has 0 radical (unpaired) electrons. The van der Waals surface area contributed by atoms with Crippen molar-refractivity contribution in [2.45, 2.75) is 13.0 Å². The predicted molar refractivity (Wildman–Crippen MR) is 53.6 cm³/mol. The Morgan fingerprint density at radius 2 is 2.00 bits per heavy atom. The molecule has 0 heterocycles. The van der Waals surface area contributed by atoms with E-state index in [1.54, 1.807) is 0 Å². The van der Waals surface area contributed by atoms with Gasteiger partial charge in [0.1, 0.15) is 6.54 Å². The van der Waals surface area contributed by atoms with Crippen molar-refractivity contribution >= 4 is 0 Å². The molecule has 70 valence electrons. The highest BCUT2D eigenvalue weighted by Crippen LogP contribution is 2.10. The van der Waals surface area contributed by atoms with E-state index in [9.17, 15) is 4.91 Å². The second-order valence-corrected chi connectivity index (χ2v) is 2.91. The fourth-order valence-electron chi connectivity index (χ4n) is 1.28. The molecular weight excluding hydrogens is 164 g/mol. The maximum absolute atomic E-state index is 10.1. The van der Waals surface area contributed by atoms with Crippen LogP contribution in [0.1, 0.15) is 11.1 Å². The summed E-state index contributed by atoms with van der Waals surface area (Å²) in [7, 11) is 1.92. The molecule has 0 atom stereocenters. The molecule has 0 fully saturated rings. The lowest BCUT2D eigenvalue weighted by Gasteiger charge is -2.05. The SMILES string of the molecule is CNCCc1ccccc1CN=O. The molecule has 3 heteroatoms. The molecule has 0 aromatic heterocycles. The largest absolute Gasteiger partial charge is 0.319 e. The van der Waals surface area contributed by atoms with Gasteiger partial charge in [-0.25, -0.2) is 0 Å². The molecule has 0 saturated heterocycles. The van der Waals surface area contributed by atoms with Crippen LogP contribution in [0.4, 0.5) is 0 Å². The zero-order valence-corrected chi connectivity index (χ0v) is 7.79. The number of nitrogens with zero attached hydrogens (tertiary/aromatic N) is 1. The molecule has 1 rings (SSSR count). The molecule has 13 heavy (non-hydrogen) atoms. The lowest BCUT2D eigenvalue weighted by molar-refractivity contribution is 0.784. The number of hydrogen-bond acceptors (Lipinski definition) is 3. The van der Waals surface area contributed by atoms with Crippen LogP contribution in [-0.2, 0) is 13.0 Å². The van der Waals surface area contributed by atoms with Gasteiger partial charge in [-0.3, -0.25) is 0 Å². The van der Waals surface area contributed by atoms with Crippen LogP contribution in [0, 0.1) is 4.91 Å². The first-order chi connectivity index (χ1) is 6.38. The second kappa shape index (κ2) is 5.43. The zero-order chi connectivity index (χ0) is 9.52. The molecule has 3 nitrogen and oxygen atoms in total. The molecule has 0 aliphatic carbocycles. The van der Waals surface area contributed by atoms with Gasteiger partial charge in [0, 0.05) is 0 Å². The van der Waals surface area contributed by atoms with Crippen LogP contribution < -0.4 is 5.32 Å². The highest BCUT2D eigenvalue weighted by Gasteiger charge is 1.99. The van der Waals surface area contributed by atoms with Gasteiger partial charge in [-0.1, -0.05) is 29.4 Å². The van der Waals surface area contributed by atoms with Crippen molar-refractivity contribution in [2.24, 2.45) is 5.18 Å². The third kappa shape index (κ3) is 2.95. The Morgan fingerprint density at radius 1 is 1.31 bits per heavy atom. The summed E-state index contributed by atoms with van der Waals surface area (Å²) in [4.78, 5) is 10.1. The van der Waals surface area contributed by atoms with Crippen LogP contribution in [0.25, 0.3) is 0 Å². The molecular formula is C10H14N2O. The van der Waals surface area contributed by atoms with Crippen LogP contribution in [0.2, 0.25) is 0 Å². The second-order valence-electron chi connectivity index (χ2n) is 2.91. The van der Waals surface area contributed by atoms with Crippen molar-refractivity contribution < 1.29 is 0 Å². The Labute approximate surface area is 78.1 Å². The van der Waals surface area contributed by atoms with Crippen LogP contribution >= 0.6 is 0 Å². The van der Waals surface area contributed by atoms with Gasteiger partial charge in [-0.2, -0.15) is 4.91 Å². The summed E-state index contributed by atoms with van der Waals surface area (Å²) in [5, 5.41) is 5.98. The molecule has 0 bridgehead atoms. The highest BCUT2D eigenvalue weighted by molar-refractivity contribution is 5.27. The van der Waals surface area contributed by atoms with Crippen molar-refractivity contribution in [1.29, 1.82) is 0 Å². The molecule has 0 saturated carbocycles. The maximum Gasteiger partial charge on any atom is 0.106 e. The zero-order valence-electron chi connectivity index (χ0n) is 7.79. The topological polar surface area (TPSA) is 41.5 Å². The lowest BCUT2D eigenvalue weighted by atomic mass is 10.0. The summed E-state index contributed by atoms with van der Waals surface area (Å²) >= 11 is 0. The average molecular weight is 178 g/mol. The van der Waals surface area contributed by atoms with Gasteiger partial charge in [-0.05, 0) is 31.1 Å². The number of nitroso groups, excluding NO2 is 1. The predicted octanol–water partition coefficient (Wildman–Crippen LogP) is 1.71. The molecule has 0 amide bonds. The van der Waals surface area contributed by atoms with Crippen molar-refractivity contribution in [1.82, 2.24) is 5.32 Å². The minimum atomic E-state index is 0.278. The molecule has 0 spiro atoms. The van der Waals surface area contributed by atoms with E-state index in [1.807, 2.05) is 31.3 Å². The summed E-state index contributed by atoms with van der Waals surface area (Å²) in [6.45, 7) is 1.20. The van der Waals surface area contributed by atoms with Gasteiger partial charge in [0.05, 0.1) is 0 Å². The number of hydrogen-bond donors (Lipinski definition) is 1. The third-order valence-electron chi connectivity index (χ3n) is 2.00. The molecule has 1 aromatic carbocycles. The Morgan fingerprint density at radius 3 is 2.62 bits per heavy atom. The van der Waals surface area contributed by atoms with Crippen molar-refractivity contribution in [3.63, 3.8) is 0 Å². The van der Waals surface area contributed by atoms with Crippen LogP contribution in [-0.4, -0.2) is 13.6 Å². The van der Waals surface area contributed by atoms with Crippen LogP contribution in [0.15, 0.2) is 29.4 Å². The van der Waals surface area contributed by atoms with E-state index >= 15 is 0 Å². The standard InChI is InChI=1S/C10H14N2O/c1-11-7-6-9-4-2-3-5-10(9)8-12-13/h2-5,11H,6-8H2,1H3. The first kappa shape index (κ1) is 9.86. The van der Waals surface area contributed by atoms with Crippen molar-refractivity contribution in [3.8, 4) is 0 Å². The monoisotopic (exact) mass is 178 g/mol. The van der Waals surface area contributed by atoms with Crippen LogP contribution in [0.3, 0.4) is 0 Å². The smallest absolute Gasteiger partial charge is 0.106 e. The van der Waals surface area contributed by atoms with Crippen molar-refractivity contribution in [3.05, 3.63) is 40.3 Å². The summed E-state index contributed by atoms with van der Waals surface area (Å²) in [5.41, 5.74) is 2.24. The molecule has 0 aliphatic rings. The Hall–Kier alpha value is -1.22. The van der Waals surface area contributed by atoms with E-state index < -0.39 is 0 Å². The average Bonchev–Trinajstić information content (AvgIpc) is 2.17. The maximum atomic E-state index is 10.1. The van der Waals surface area contributed by atoms with Crippen molar-refractivity contribution in [2.75, 3.05) is 13.6 Å². The third-order valence-corrected chi connectivity index (χ3v) is 2.00. The fourth-order valence-corrected chi connectivity index (χ4v) is 1.28. The highest BCUT2D eigenvalue weighted by atomic mass is 16.3. The Kier molecular flexibility index (Phi) is 4.12. The minimum Gasteiger partial charge on any atom is -0.319 e. The summed E-state index contributed by atoms with van der Waals surface area (Å²) in [5.74, 6) is 0. The van der Waals surface area contributed by atoms with E-state index in [0.29, 0.717) is 0 Å². The Balaban J connectivity index is 2.71. The first-order valence-electron chi connectivity index (χ1n) is 4.39. The Bertz CT molecular complexity index is 273. The number of nitrogens with one attached hydrogen (secondary N) is 1. The quantitative estimate of drug-likeness (QED) is 0.697. The summed E-state index contributed by atoms with van der Waals surface area (Å²) in [6.07, 6.45) is 0.947. The van der Waals surface area contributed by atoms with E-state index in [4.69, 9.17) is 0 Å². The van der Waals surface area contributed by atoms with E-state index in [1.165, 1.54) is 5.56 Å². The van der Waals surface area contributed by atoms with Gasteiger partial charge in [0.2, 0.25) is 0 Å². The summed E-state index contributed by atoms with van der Waals surface area (Å²) < 4.78 is 0. The van der Waals surface area contributed by atoms with E-state index in [-0.39, 0.29) is 6.54 Å². The minimum absolute atomic E-state index is 0.278. The molecule has 0 unspecified atom stereocenters. The normalized spacial score (nSPS) is 9.92. The number of benzene rings is 1. The van der Waals surface area contributed by atoms with Gasteiger partial charge in [0.15, 0.2) is 0 Å². The van der Waals surface area contributed by atoms with Gasteiger partial charge < -0.3 is 5.32 Å². The van der Waals surface area contributed by atoms with Gasteiger partial charge in [0.25, 0.3) is 0 Å². The number of likely N-dealkylation sites (N-methyl/N-ethyl adjacent to an activating group) is 1. The molecule has 1 aromatic rings. The van der Waals surface area contributed by atoms with E-state index in [2.05, 4.69) is 10.5 Å². The molecule has 0 aliphatic heterocycles. The number of rotatable bonds is 5. The van der Waals surface area contributed by atoms with Crippen LogP contribution in [0.5, 0.6) is 0 Å². The molecule has 1 N–H and O–H groups in total. The summed E-state index contributed by atoms with van der Waals surface area (Å²) in [6, 6.07) is 7.91. The van der Waals surface area contributed by atoms with Gasteiger partial charge >= 0.3 is 0 Å². The first-order valence-corrected chi connectivity index (χ1v) is 4.39. The lowest BCUT2D eigenvalue weighted by Crippen LogP contribution is -2.11.